The molecule has 0 aromatic heterocycles. The molecule has 0 fully saturated rings. The van der Waals surface area contributed by atoms with Gasteiger partial charge in [-0.15, -0.1) is 0 Å². The first kappa shape index (κ1) is 17.9. The van der Waals surface area contributed by atoms with E-state index >= 15 is 0 Å². The Balaban J connectivity index is 5.38. The summed E-state index contributed by atoms with van der Waals surface area (Å²) in [5, 5.41) is 2.34. The van der Waals surface area contributed by atoms with Crippen molar-refractivity contribution in [3.05, 3.63) is 0 Å². The number of ether oxygens (including phenoxy) is 3. The molecule has 114 valence electrons. The highest BCUT2D eigenvalue weighted by Crippen LogP contribution is 2.20. The summed E-state index contributed by atoms with van der Waals surface area (Å²) in [6.45, 7) is 2.64. The van der Waals surface area contributed by atoms with Crippen LogP contribution < -0.4 is 5.32 Å². The second kappa shape index (κ2) is 8.13. The second-order valence-electron chi connectivity index (χ2n) is 4.08. The summed E-state index contributed by atoms with van der Waals surface area (Å²) in [6, 6.07) is -1.17. The van der Waals surface area contributed by atoms with Crippen molar-refractivity contribution < 1.29 is 33.4 Å². The molecule has 1 amide bonds. The molecule has 0 unspecified atom stereocenters. The summed E-state index contributed by atoms with van der Waals surface area (Å²) >= 11 is 0. The van der Waals surface area contributed by atoms with Crippen LogP contribution in [0.4, 0.5) is 0 Å². The SMILES string of the molecule is COC(=O)C(C(=O)OC)[C@H](C)[C@H](NC(C)=O)C(=O)OC. The van der Waals surface area contributed by atoms with Crippen molar-refractivity contribution in [1.82, 2.24) is 5.32 Å². The number of hydrogen-bond donors (Lipinski definition) is 1. The van der Waals surface area contributed by atoms with Crippen molar-refractivity contribution in [3.8, 4) is 0 Å². The molecule has 8 heteroatoms. The van der Waals surface area contributed by atoms with Gasteiger partial charge in [0.1, 0.15) is 6.04 Å². The molecular weight excluding hydrogens is 270 g/mol. The molecule has 20 heavy (non-hydrogen) atoms. The third-order valence-electron chi connectivity index (χ3n) is 2.78. The predicted molar refractivity (Wildman–Crippen MR) is 66.3 cm³/mol. The van der Waals surface area contributed by atoms with Gasteiger partial charge in [-0.1, -0.05) is 6.92 Å². The van der Waals surface area contributed by atoms with Gasteiger partial charge in [0.2, 0.25) is 5.91 Å². The zero-order valence-corrected chi connectivity index (χ0v) is 12.1. The molecule has 0 aliphatic carbocycles. The zero-order valence-electron chi connectivity index (χ0n) is 12.1. The number of esters is 3. The molecular formula is C12H19NO7. The van der Waals surface area contributed by atoms with E-state index < -0.39 is 41.7 Å². The fraction of sp³-hybridized carbons (Fsp3) is 0.667. The van der Waals surface area contributed by atoms with Crippen molar-refractivity contribution in [1.29, 1.82) is 0 Å². The fourth-order valence-electron chi connectivity index (χ4n) is 1.72. The average Bonchev–Trinajstić information content (AvgIpc) is 2.42. The van der Waals surface area contributed by atoms with Crippen molar-refractivity contribution in [3.63, 3.8) is 0 Å². The van der Waals surface area contributed by atoms with E-state index in [9.17, 15) is 19.2 Å². The van der Waals surface area contributed by atoms with Gasteiger partial charge in [0.05, 0.1) is 21.3 Å². The van der Waals surface area contributed by atoms with E-state index in [4.69, 9.17) is 0 Å². The van der Waals surface area contributed by atoms with Gasteiger partial charge in [-0.3, -0.25) is 14.4 Å². The molecule has 8 nitrogen and oxygen atoms in total. The van der Waals surface area contributed by atoms with Gasteiger partial charge in [-0.05, 0) is 0 Å². The standard InChI is InChI=1S/C12H19NO7/c1-6(8(10(15)18-3)11(16)19-4)9(12(17)20-5)13-7(2)14/h6,8-9H,1-5H3,(H,13,14)/t6-,9-/m0/s1. The van der Waals surface area contributed by atoms with Gasteiger partial charge in [-0.25, -0.2) is 4.79 Å². The lowest BCUT2D eigenvalue weighted by Gasteiger charge is -2.26. The van der Waals surface area contributed by atoms with E-state index in [0.29, 0.717) is 0 Å². The van der Waals surface area contributed by atoms with Crippen molar-refractivity contribution in [2.75, 3.05) is 21.3 Å². The van der Waals surface area contributed by atoms with E-state index in [-0.39, 0.29) is 0 Å². The minimum Gasteiger partial charge on any atom is -0.468 e. The van der Waals surface area contributed by atoms with E-state index in [1.54, 1.807) is 0 Å². The summed E-state index contributed by atoms with van der Waals surface area (Å²) in [7, 11) is 3.35. The van der Waals surface area contributed by atoms with E-state index in [1.807, 2.05) is 0 Å². The minimum absolute atomic E-state index is 0.499. The Morgan fingerprint density at radius 2 is 1.25 bits per heavy atom. The summed E-state index contributed by atoms with van der Waals surface area (Å²) in [5.41, 5.74) is 0. The monoisotopic (exact) mass is 289 g/mol. The van der Waals surface area contributed by atoms with Crippen LogP contribution in [0.25, 0.3) is 0 Å². The first-order chi connectivity index (χ1) is 9.29. The third kappa shape index (κ3) is 4.52. The number of carbonyl (C=O) groups is 4. The molecule has 0 rings (SSSR count). The molecule has 0 heterocycles. The van der Waals surface area contributed by atoms with E-state index in [0.717, 1.165) is 21.3 Å². The Hall–Kier alpha value is -2.12. The van der Waals surface area contributed by atoms with Gasteiger partial charge in [0.25, 0.3) is 0 Å². The highest BCUT2D eigenvalue weighted by Gasteiger charge is 2.42. The Morgan fingerprint density at radius 3 is 1.55 bits per heavy atom. The lowest BCUT2D eigenvalue weighted by Crippen LogP contribution is -2.50. The van der Waals surface area contributed by atoms with Gasteiger partial charge < -0.3 is 19.5 Å². The van der Waals surface area contributed by atoms with Crippen molar-refractivity contribution in [2.24, 2.45) is 11.8 Å². The van der Waals surface area contributed by atoms with Crippen LogP contribution in [0, 0.1) is 11.8 Å². The number of rotatable bonds is 6. The molecule has 0 spiro atoms. The molecule has 0 aromatic rings. The van der Waals surface area contributed by atoms with Crippen LogP contribution in [0.15, 0.2) is 0 Å². The molecule has 0 aliphatic rings. The predicted octanol–water partition coefficient (Wildman–Crippen LogP) is -0.738. The van der Waals surface area contributed by atoms with Crippen LogP contribution in [0.3, 0.4) is 0 Å². The van der Waals surface area contributed by atoms with Gasteiger partial charge >= 0.3 is 17.9 Å². The summed E-state index contributed by atoms with van der Waals surface area (Å²) in [4.78, 5) is 46.1. The average molecular weight is 289 g/mol. The van der Waals surface area contributed by atoms with Crippen LogP contribution in [0.1, 0.15) is 13.8 Å². The topological polar surface area (TPSA) is 108 Å². The van der Waals surface area contributed by atoms with E-state index in [2.05, 4.69) is 19.5 Å². The van der Waals surface area contributed by atoms with Gasteiger partial charge in [0.15, 0.2) is 5.92 Å². The maximum Gasteiger partial charge on any atom is 0.328 e. The molecule has 0 saturated carbocycles. The highest BCUT2D eigenvalue weighted by atomic mass is 16.5. The van der Waals surface area contributed by atoms with Crippen LogP contribution in [-0.4, -0.2) is 51.2 Å². The lowest BCUT2D eigenvalue weighted by atomic mass is 9.87. The largest absolute Gasteiger partial charge is 0.468 e. The summed E-state index contributed by atoms with van der Waals surface area (Å²) in [5.74, 6) is -5.23. The Kier molecular flexibility index (Phi) is 7.27. The van der Waals surface area contributed by atoms with Crippen LogP contribution in [0.5, 0.6) is 0 Å². The zero-order chi connectivity index (χ0) is 15.9. The second-order valence-corrected chi connectivity index (χ2v) is 4.08. The normalized spacial score (nSPS) is 13.1. The van der Waals surface area contributed by atoms with Gasteiger partial charge in [0, 0.05) is 12.8 Å². The third-order valence-corrected chi connectivity index (χ3v) is 2.78. The Bertz CT molecular complexity index is 377. The Labute approximate surface area is 116 Å². The van der Waals surface area contributed by atoms with Gasteiger partial charge in [-0.2, -0.15) is 0 Å². The first-order valence-corrected chi connectivity index (χ1v) is 5.80. The number of hydrogen-bond acceptors (Lipinski definition) is 7. The minimum atomic E-state index is -1.35. The van der Waals surface area contributed by atoms with Crippen LogP contribution >= 0.6 is 0 Å². The highest BCUT2D eigenvalue weighted by molar-refractivity contribution is 5.96. The number of nitrogens with one attached hydrogen (secondary N) is 1. The quantitative estimate of drug-likeness (QED) is 0.390. The molecule has 0 saturated heterocycles. The number of methoxy groups -OCH3 is 3. The van der Waals surface area contributed by atoms with Crippen molar-refractivity contribution >= 4 is 23.8 Å². The molecule has 0 aliphatic heterocycles. The smallest absolute Gasteiger partial charge is 0.328 e. The van der Waals surface area contributed by atoms with Crippen molar-refractivity contribution in [2.45, 2.75) is 19.9 Å². The summed E-state index contributed by atoms with van der Waals surface area (Å²) < 4.78 is 13.6. The number of carbonyl (C=O) groups excluding carboxylic acids is 4. The first-order valence-electron chi connectivity index (χ1n) is 5.80. The lowest BCUT2D eigenvalue weighted by molar-refractivity contribution is -0.163. The van der Waals surface area contributed by atoms with Crippen LogP contribution in [-0.2, 0) is 33.4 Å². The maximum absolute atomic E-state index is 11.7. The number of amides is 1. The molecule has 2 atom stereocenters. The maximum atomic E-state index is 11.7. The summed E-state index contributed by atoms with van der Waals surface area (Å²) in [6.07, 6.45) is 0. The molecule has 0 aromatic carbocycles. The van der Waals surface area contributed by atoms with E-state index in [1.165, 1.54) is 13.8 Å². The molecule has 0 radical (unpaired) electrons. The van der Waals surface area contributed by atoms with Crippen LogP contribution in [0.2, 0.25) is 0 Å². The molecule has 1 N–H and O–H groups in total. The Morgan fingerprint density at radius 1 is 0.850 bits per heavy atom. The molecule has 0 bridgehead atoms. The fourth-order valence-corrected chi connectivity index (χ4v) is 1.72.